The van der Waals surface area contributed by atoms with E-state index in [1.807, 2.05) is 13.0 Å². The van der Waals surface area contributed by atoms with Crippen LogP contribution in [0, 0.1) is 13.8 Å². The van der Waals surface area contributed by atoms with Crippen LogP contribution < -0.4 is 11.0 Å². The molecule has 0 unspecified atom stereocenters. The lowest BCUT2D eigenvalue weighted by molar-refractivity contribution is 0.102. The van der Waals surface area contributed by atoms with Gasteiger partial charge in [-0.05, 0) is 37.6 Å². The van der Waals surface area contributed by atoms with Gasteiger partial charge in [0, 0.05) is 11.3 Å². The molecule has 0 aliphatic heterocycles. The van der Waals surface area contributed by atoms with E-state index in [2.05, 4.69) is 20.4 Å². The van der Waals surface area contributed by atoms with Gasteiger partial charge in [-0.1, -0.05) is 35.0 Å². The van der Waals surface area contributed by atoms with Gasteiger partial charge in [0.05, 0.1) is 16.1 Å². The Balaban J connectivity index is 1.74. The molecule has 0 saturated carbocycles. The molecule has 136 valence electrons. The number of aromatic nitrogens is 3. The van der Waals surface area contributed by atoms with Gasteiger partial charge in [-0.25, -0.2) is 4.79 Å². The lowest BCUT2D eigenvalue weighted by Crippen LogP contribution is -2.14. The van der Waals surface area contributed by atoms with Crippen molar-refractivity contribution in [2.24, 2.45) is 0 Å². The second kappa shape index (κ2) is 6.44. The van der Waals surface area contributed by atoms with Gasteiger partial charge in [-0.2, -0.15) is 0 Å². The van der Waals surface area contributed by atoms with Crippen molar-refractivity contribution in [1.82, 2.24) is 15.1 Å². The molecular weight excluding hydrogens is 368 g/mol. The van der Waals surface area contributed by atoms with Crippen LogP contribution in [0.5, 0.6) is 0 Å². The van der Waals surface area contributed by atoms with Crippen molar-refractivity contribution in [3.63, 3.8) is 0 Å². The number of hydrogen-bond donors (Lipinski definition) is 3. The Labute approximate surface area is 158 Å². The number of imidazole rings is 1. The normalized spacial score (nSPS) is 11.1. The molecule has 2 aromatic carbocycles. The summed E-state index contributed by atoms with van der Waals surface area (Å²) in [6.45, 7) is 3.51. The highest BCUT2D eigenvalue weighted by Crippen LogP contribution is 2.32. The first-order valence-corrected chi connectivity index (χ1v) is 8.57. The minimum atomic E-state index is -0.371. The zero-order valence-electron chi connectivity index (χ0n) is 14.5. The minimum Gasteiger partial charge on any atom is -0.360 e. The summed E-state index contributed by atoms with van der Waals surface area (Å²) in [5.74, 6) is 0.0141. The number of rotatable bonds is 3. The van der Waals surface area contributed by atoms with E-state index >= 15 is 0 Å². The van der Waals surface area contributed by atoms with Gasteiger partial charge >= 0.3 is 5.69 Å². The molecule has 0 saturated heterocycles. The number of aromatic amines is 2. The number of nitrogens with zero attached hydrogens (tertiary/aromatic N) is 1. The Kier molecular flexibility index (Phi) is 4.08. The standard InChI is InChI=1S/C19H15ClN4O3/c1-9-7-14-15(23-19(26)22-14)8-13(9)21-18(25)16-10(2)27-24-17(16)11-5-3-4-6-12(11)20/h3-8H,1-2H3,(H,21,25)(H2,22,23,26). The minimum absolute atomic E-state index is 0.302. The van der Waals surface area contributed by atoms with Gasteiger partial charge in [-0.3, -0.25) is 4.79 Å². The Hall–Kier alpha value is -3.32. The summed E-state index contributed by atoms with van der Waals surface area (Å²) in [6, 6.07) is 10.6. The Morgan fingerprint density at radius 2 is 1.85 bits per heavy atom. The number of aryl methyl sites for hydroxylation is 2. The van der Waals surface area contributed by atoms with Crippen LogP contribution in [0.15, 0.2) is 45.7 Å². The van der Waals surface area contributed by atoms with Crippen molar-refractivity contribution >= 4 is 34.2 Å². The summed E-state index contributed by atoms with van der Waals surface area (Å²) in [7, 11) is 0. The fraction of sp³-hybridized carbons (Fsp3) is 0.105. The predicted molar refractivity (Wildman–Crippen MR) is 103 cm³/mol. The van der Waals surface area contributed by atoms with Crippen molar-refractivity contribution < 1.29 is 9.32 Å². The number of carbonyl (C=O) groups is 1. The molecule has 0 aliphatic carbocycles. The smallest absolute Gasteiger partial charge is 0.323 e. The average Bonchev–Trinajstić information content (AvgIpc) is 3.17. The first kappa shape index (κ1) is 17.1. The number of anilines is 1. The molecule has 1 amide bonds. The number of fused-ring (bicyclic) bond motifs is 1. The molecule has 2 heterocycles. The van der Waals surface area contributed by atoms with E-state index in [0.29, 0.717) is 44.3 Å². The highest BCUT2D eigenvalue weighted by atomic mass is 35.5. The summed E-state index contributed by atoms with van der Waals surface area (Å²) < 4.78 is 5.25. The van der Waals surface area contributed by atoms with Crippen LogP contribution in [0.4, 0.5) is 5.69 Å². The Morgan fingerprint density at radius 3 is 2.59 bits per heavy atom. The van der Waals surface area contributed by atoms with E-state index in [-0.39, 0.29) is 11.6 Å². The second-order valence-corrected chi connectivity index (χ2v) is 6.60. The van der Waals surface area contributed by atoms with Gasteiger partial charge in [0.15, 0.2) is 0 Å². The molecule has 4 aromatic rings. The Morgan fingerprint density at radius 1 is 1.15 bits per heavy atom. The molecule has 3 N–H and O–H groups in total. The van der Waals surface area contributed by atoms with Gasteiger partial charge in [-0.15, -0.1) is 0 Å². The number of H-pyrrole nitrogens is 2. The van der Waals surface area contributed by atoms with Crippen LogP contribution in [0.25, 0.3) is 22.3 Å². The number of amides is 1. The molecule has 0 atom stereocenters. The van der Waals surface area contributed by atoms with E-state index < -0.39 is 0 Å². The van der Waals surface area contributed by atoms with Crippen molar-refractivity contribution in [3.05, 3.63) is 68.8 Å². The molecule has 0 bridgehead atoms. The highest BCUT2D eigenvalue weighted by molar-refractivity contribution is 6.33. The van der Waals surface area contributed by atoms with E-state index in [9.17, 15) is 9.59 Å². The van der Waals surface area contributed by atoms with Crippen LogP contribution in [0.2, 0.25) is 5.02 Å². The molecule has 0 fully saturated rings. The van der Waals surface area contributed by atoms with Crippen LogP contribution >= 0.6 is 11.6 Å². The summed E-state index contributed by atoms with van der Waals surface area (Å²) in [6.07, 6.45) is 0. The first-order valence-electron chi connectivity index (χ1n) is 8.19. The molecule has 0 aliphatic rings. The maximum Gasteiger partial charge on any atom is 0.323 e. The number of hydrogen-bond acceptors (Lipinski definition) is 4. The topological polar surface area (TPSA) is 104 Å². The summed E-state index contributed by atoms with van der Waals surface area (Å²) in [5.41, 5.74) is 3.66. The summed E-state index contributed by atoms with van der Waals surface area (Å²) in [5, 5.41) is 7.35. The van der Waals surface area contributed by atoms with Gasteiger partial charge < -0.3 is 19.8 Å². The SMILES string of the molecule is Cc1cc2[nH]c(=O)[nH]c2cc1NC(=O)c1c(-c2ccccc2Cl)noc1C. The van der Waals surface area contributed by atoms with Gasteiger partial charge in [0.25, 0.3) is 5.91 Å². The molecular formula is C19H15ClN4O3. The fourth-order valence-electron chi connectivity index (χ4n) is 2.99. The van der Waals surface area contributed by atoms with Gasteiger partial charge in [0.2, 0.25) is 0 Å². The third-order valence-corrected chi connectivity index (χ3v) is 4.66. The van der Waals surface area contributed by atoms with Crippen LogP contribution in [-0.2, 0) is 0 Å². The number of halogens is 1. The van der Waals surface area contributed by atoms with E-state index in [0.717, 1.165) is 5.56 Å². The zero-order chi connectivity index (χ0) is 19.1. The maximum absolute atomic E-state index is 13.0. The lowest BCUT2D eigenvalue weighted by atomic mass is 10.1. The molecule has 8 heteroatoms. The number of nitrogens with one attached hydrogen (secondary N) is 3. The molecule has 0 spiro atoms. The summed E-state index contributed by atoms with van der Waals surface area (Å²) >= 11 is 6.25. The second-order valence-electron chi connectivity index (χ2n) is 6.19. The number of carbonyl (C=O) groups excluding carboxylic acids is 1. The quantitative estimate of drug-likeness (QED) is 0.497. The highest BCUT2D eigenvalue weighted by Gasteiger charge is 2.23. The van der Waals surface area contributed by atoms with Crippen molar-refractivity contribution in [1.29, 1.82) is 0 Å². The van der Waals surface area contributed by atoms with E-state index in [4.69, 9.17) is 16.1 Å². The van der Waals surface area contributed by atoms with Crippen LogP contribution in [0.1, 0.15) is 21.7 Å². The average molecular weight is 383 g/mol. The zero-order valence-corrected chi connectivity index (χ0v) is 15.3. The fourth-order valence-corrected chi connectivity index (χ4v) is 3.21. The number of benzene rings is 2. The molecule has 2 aromatic heterocycles. The van der Waals surface area contributed by atoms with Crippen molar-refractivity contribution in [3.8, 4) is 11.3 Å². The largest absolute Gasteiger partial charge is 0.360 e. The Bertz CT molecular complexity index is 1240. The van der Waals surface area contributed by atoms with Gasteiger partial charge in [0.1, 0.15) is 17.0 Å². The lowest BCUT2D eigenvalue weighted by Gasteiger charge is -2.09. The molecule has 0 radical (unpaired) electrons. The predicted octanol–water partition coefficient (Wildman–Crippen LogP) is 4.03. The van der Waals surface area contributed by atoms with Crippen molar-refractivity contribution in [2.75, 3.05) is 5.32 Å². The molecule has 7 nitrogen and oxygen atoms in total. The third kappa shape index (κ3) is 3.02. The third-order valence-electron chi connectivity index (χ3n) is 4.33. The van der Waals surface area contributed by atoms with Crippen molar-refractivity contribution in [2.45, 2.75) is 13.8 Å². The van der Waals surface area contributed by atoms with E-state index in [1.165, 1.54) is 0 Å². The molecule has 4 rings (SSSR count). The first-order chi connectivity index (χ1) is 12.9. The monoisotopic (exact) mass is 382 g/mol. The maximum atomic E-state index is 13.0. The molecule has 27 heavy (non-hydrogen) atoms. The van der Waals surface area contributed by atoms with Crippen LogP contribution in [0.3, 0.4) is 0 Å². The van der Waals surface area contributed by atoms with E-state index in [1.54, 1.807) is 37.3 Å². The summed E-state index contributed by atoms with van der Waals surface area (Å²) in [4.78, 5) is 29.8. The van der Waals surface area contributed by atoms with Crippen LogP contribution in [-0.4, -0.2) is 21.0 Å².